The van der Waals surface area contributed by atoms with Crippen molar-refractivity contribution in [3.63, 3.8) is 0 Å². The first-order valence-electron chi connectivity index (χ1n) is 8.58. The summed E-state index contributed by atoms with van der Waals surface area (Å²) in [6, 6.07) is 19.4. The molecule has 0 fully saturated rings. The molecule has 4 aromatic rings. The minimum atomic E-state index is -0.275. The Morgan fingerprint density at radius 2 is 1.41 bits per heavy atom. The van der Waals surface area contributed by atoms with Crippen LogP contribution in [0.3, 0.4) is 0 Å². The molecule has 0 aliphatic carbocycles. The summed E-state index contributed by atoms with van der Waals surface area (Å²) in [4.78, 5) is 14.1. The van der Waals surface area contributed by atoms with Crippen LogP contribution in [0.2, 0.25) is 0 Å². The zero-order valence-corrected chi connectivity index (χ0v) is 14.7. The molecule has 5 rings (SSSR count). The number of nitrogens with one attached hydrogen (secondary N) is 2. The fourth-order valence-electron chi connectivity index (χ4n) is 2.46. The molecule has 27 heavy (non-hydrogen) atoms. The van der Waals surface area contributed by atoms with E-state index in [0.717, 1.165) is 5.39 Å². The van der Waals surface area contributed by atoms with Gasteiger partial charge in [-0.2, -0.15) is 0 Å². The Morgan fingerprint density at radius 1 is 0.704 bits per heavy atom. The number of aromatic nitrogens is 1. The van der Waals surface area contributed by atoms with Gasteiger partial charge in [-0.05, 0) is 47.2 Å². The SMILES string of the molecule is C1=CC=CNC=C1.O=c1occc2ccccc12.c1ccc2[nH]ccc2c1. The predicted molar refractivity (Wildman–Crippen MR) is 111 cm³/mol. The van der Waals surface area contributed by atoms with E-state index in [0.29, 0.717) is 5.39 Å². The molecule has 2 aromatic carbocycles. The molecular weight excluding hydrogens is 336 g/mol. The summed E-state index contributed by atoms with van der Waals surface area (Å²) in [6.45, 7) is 0. The first kappa shape index (κ1) is 18.0. The highest BCUT2D eigenvalue weighted by atomic mass is 16.4. The van der Waals surface area contributed by atoms with Gasteiger partial charge in [0.15, 0.2) is 0 Å². The smallest absolute Gasteiger partial charge is 0.343 e. The molecule has 0 saturated heterocycles. The van der Waals surface area contributed by atoms with E-state index in [2.05, 4.69) is 32.9 Å². The van der Waals surface area contributed by atoms with E-state index in [-0.39, 0.29) is 5.63 Å². The van der Waals surface area contributed by atoms with Crippen molar-refractivity contribution in [3.8, 4) is 0 Å². The Balaban J connectivity index is 0.000000120. The fraction of sp³-hybridized carbons (Fsp3) is 0. The summed E-state index contributed by atoms with van der Waals surface area (Å²) in [5.74, 6) is 0. The number of fused-ring (bicyclic) bond motifs is 2. The van der Waals surface area contributed by atoms with Crippen molar-refractivity contribution in [1.29, 1.82) is 0 Å². The van der Waals surface area contributed by atoms with Crippen LogP contribution in [0.4, 0.5) is 0 Å². The summed E-state index contributed by atoms with van der Waals surface area (Å²) in [7, 11) is 0. The van der Waals surface area contributed by atoms with Crippen LogP contribution >= 0.6 is 0 Å². The lowest BCUT2D eigenvalue weighted by atomic mass is 10.2. The topological polar surface area (TPSA) is 58.0 Å². The van der Waals surface area contributed by atoms with Crippen molar-refractivity contribution < 1.29 is 4.42 Å². The van der Waals surface area contributed by atoms with Gasteiger partial charge in [-0.1, -0.05) is 48.6 Å². The Hall–Kier alpha value is -3.79. The number of H-pyrrole nitrogens is 1. The van der Waals surface area contributed by atoms with Crippen molar-refractivity contribution in [1.82, 2.24) is 10.3 Å². The van der Waals surface area contributed by atoms with Gasteiger partial charge in [0.25, 0.3) is 0 Å². The number of para-hydroxylation sites is 1. The normalized spacial score (nSPS) is 11.7. The van der Waals surface area contributed by atoms with E-state index in [1.807, 2.05) is 73.2 Å². The molecule has 0 unspecified atom stereocenters. The van der Waals surface area contributed by atoms with Crippen molar-refractivity contribution in [2.75, 3.05) is 0 Å². The maximum Gasteiger partial charge on any atom is 0.343 e. The Kier molecular flexibility index (Phi) is 6.43. The van der Waals surface area contributed by atoms with E-state index in [4.69, 9.17) is 0 Å². The molecule has 0 amide bonds. The molecule has 4 heteroatoms. The molecule has 0 saturated carbocycles. The van der Waals surface area contributed by atoms with E-state index in [9.17, 15) is 4.79 Å². The second-order valence-electron chi connectivity index (χ2n) is 5.63. The van der Waals surface area contributed by atoms with Crippen molar-refractivity contribution in [3.05, 3.63) is 120 Å². The Morgan fingerprint density at radius 3 is 2.15 bits per heavy atom. The van der Waals surface area contributed by atoms with E-state index in [1.165, 1.54) is 17.2 Å². The highest BCUT2D eigenvalue weighted by Gasteiger charge is 1.94. The third-order valence-electron chi connectivity index (χ3n) is 3.78. The van der Waals surface area contributed by atoms with Gasteiger partial charge in [-0.3, -0.25) is 0 Å². The van der Waals surface area contributed by atoms with Gasteiger partial charge in [0.1, 0.15) is 0 Å². The molecule has 0 atom stereocenters. The van der Waals surface area contributed by atoms with Crippen LogP contribution in [0.5, 0.6) is 0 Å². The van der Waals surface area contributed by atoms with Gasteiger partial charge in [0.2, 0.25) is 0 Å². The lowest BCUT2D eigenvalue weighted by molar-refractivity contribution is 0.519. The molecule has 3 heterocycles. The lowest BCUT2D eigenvalue weighted by Gasteiger charge is -1.91. The zero-order chi connectivity index (χ0) is 18.7. The summed E-state index contributed by atoms with van der Waals surface area (Å²) in [6.07, 6.45) is 14.9. The molecule has 0 bridgehead atoms. The number of aromatic amines is 1. The van der Waals surface area contributed by atoms with Crippen molar-refractivity contribution in [2.24, 2.45) is 0 Å². The fourth-order valence-corrected chi connectivity index (χ4v) is 2.46. The van der Waals surface area contributed by atoms with Crippen LogP contribution in [0.25, 0.3) is 21.7 Å². The Bertz CT molecular complexity index is 1080. The number of benzene rings is 2. The van der Waals surface area contributed by atoms with Crippen LogP contribution < -0.4 is 10.9 Å². The molecule has 134 valence electrons. The van der Waals surface area contributed by atoms with Gasteiger partial charge in [-0.15, -0.1) is 0 Å². The average Bonchev–Trinajstić information content (AvgIpc) is 2.99. The van der Waals surface area contributed by atoms with Crippen LogP contribution in [-0.2, 0) is 0 Å². The summed E-state index contributed by atoms with van der Waals surface area (Å²) >= 11 is 0. The zero-order valence-electron chi connectivity index (χ0n) is 14.7. The van der Waals surface area contributed by atoms with Crippen LogP contribution in [0, 0.1) is 0 Å². The van der Waals surface area contributed by atoms with Gasteiger partial charge in [0, 0.05) is 24.1 Å². The van der Waals surface area contributed by atoms with Crippen molar-refractivity contribution in [2.45, 2.75) is 0 Å². The highest BCUT2D eigenvalue weighted by Crippen LogP contribution is 2.09. The minimum absolute atomic E-state index is 0.275. The molecule has 1 aliphatic heterocycles. The first-order valence-corrected chi connectivity index (χ1v) is 8.58. The minimum Gasteiger partial charge on any atom is -0.431 e. The van der Waals surface area contributed by atoms with Gasteiger partial charge in [-0.25, -0.2) is 4.79 Å². The quantitative estimate of drug-likeness (QED) is 0.459. The Labute approximate surface area is 157 Å². The van der Waals surface area contributed by atoms with E-state index in [1.54, 1.807) is 12.1 Å². The third kappa shape index (κ3) is 5.34. The summed E-state index contributed by atoms with van der Waals surface area (Å²) < 4.78 is 4.68. The number of hydrogen-bond acceptors (Lipinski definition) is 3. The lowest BCUT2D eigenvalue weighted by Crippen LogP contribution is -1.96. The summed E-state index contributed by atoms with van der Waals surface area (Å²) in [5, 5.41) is 5.75. The van der Waals surface area contributed by atoms with Crippen molar-refractivity contribution >= 4 is 21.7 Å². The van der Waals surface area contributed by atoms with Crippen LogP contribution in [-0.4, -0.2) is 4.98 Å². The van der Waals surface area contributed by atoms with Gasteiger partial charge < -0.3 is 14.7 Å². The molecule has 4 nitrogen and oxygen atoms in total. The highest BCUT2D eigenvalue weighted by molar-refractivity contribution is 5.80. The second kappa shape index (κ2) is 9.63. The van der Waals surface area contributed by atoms with Gasteiger partial charge >= 0.3 is 5.63 Å². The molecule has 2 aromatic heterocycles. The predicted octanol–water partition coefficient (Wildman–Crippen LogP) is 5.13. The molecular formula is C23H20N2O2. The molecule has 2 N–H and O–H groups in total. The van der Waals surface area contributed by atoms with Crippen LogP contribution in [0.1, 0.15) is 0 Å². The number of hydrogen-bond donors (Lipinski definition) is 2. The third-order valence-corrected chi connectivity index (χ3v) is 3.78. The molecule has 1 aliphatic rings. The monoisotopic (exact) mass is 356 g/mol. The maximum atomic E-state index is 11.0. The largest absolute Gasteiger partial charge is 0.431 e. The van der Waals surface area contributed by atoms with Crippen LogP contribution in [0.15, 0.2) is 119 Å². The number of rotatable bonds is 0. The standard InChI is InChI=1S/C9H6O2.C8H7N.C6H7N/c10-9-8-4-2-1-3-7(8)5-6-11-9;1-2-4-8-7(3-1)5-6-9-8;1-2-4-6-7-5-3-1/h1-6H;1-6,9H;1-7H. The molecule has 0 spiro atoms. The molecule has 0 radical (unpaired) electrons. The first-order chi connectivity index (χ1) is 13.3. The van der Waals surface area contributed by atoms with E-state index >= 15 is 0 Å². The second-order valence-corrected chi connectivity index (χ2v) is 5.63. The number of allylic oxidation sites excluding steroid dienone is 4. The maximum absolute atomic E-state index is 11.0. The van der Waals surface area contributed by atoms with Gasteiger partial charge in [0.05, 0.1) is 11.6 Å². The summed E-state index contributed by atoms with van der Waals surface area (Å²) in [5.41, 5.74) is 0.931. The average molecular weight is 356 g/mol. The van der Waals surface area contributed by atoms with E-state index < -0.39 is 0 Å².